The third-order valence-corrected chi connectivity index (χ3v) is 8.05. The first-order valence-electron chi connectivity index (χ1n) is 11.8. The highest BCUT2D eigenvalue weighted by atomic mass is 28.3. The molecule has 3 aliphatic heterocycles. The van der Waals surface area contributed by atoms with Gasteiger partial charge in [-0.2, -0.15) is 0 Å². The summed E-state index contributed by atoms with van der Waals surface area (Å²) in [4.78, 5) is 11.8. The second-order valence-electron chi connectivity index (χ2n) is 10.6. The first-order valence-corrected chi connectivity index (χ1v) is 15.4. The molecule has 0 bridgehead atoms. The molecular formula is C23H38O7Si. The van der Waals surface area contributed by atoms with Crippen molar-refractivity contribution in [3.63, 3.8) is 0 Å². The van der Waals surface area contributed by atoms with Gasteiger partial charge in [0, 0.05) is 12.8 Å². The van der Waals surface area contributed by atoms with Gasteiger partial charge in [-0.25, -0.2) is 0 Å². The van der Waals surface area contributed by atoms with Gasteiger partial charge in [0.1, 0.15) is 30.5 Å². The number of aliphatic hydroxyl groups is 1. The van der Waals surface area contributed by atoms with E-state index in [4.69, 9.17) is 23.7 Å². The van der Waals surface area contributed by atoms with Crippen LogP contribution in [0.25, 0.3) is 0 Å². The maximum Gasteiger partial charge on any atom is 0.308 e. The van der Waals surface area contributed by atoms with E-state index >= 15 is 0 Å². The summed E-state index contributed by atoms with van der Waals surface area (Å²) in [6.07, 6.45) is 6.00. The second kappa shape index (κ2) is 9.23. The highest BCUT2D eigenvalue weighted by Crippen LogP contribution is 2.48. The van der Waals surface area contributed by atoms with Crippen molar-refractivity contribution in [1.29, 1.82) is 0 Å². The molecule has 1 spiro atoms. The average Bonchev–Trinajstić information content (AvgIpc) is 3.10. The highest BCUT2D eigenvalue weighted by Gasteiger charge is 2.60. The van der Waals surface area contributed by atoms with Gasteiger partial charge in [-0.3, -0.25) is 4.79 Å². The van der Waals surface area contributed by atoms with Crippen LogP contribution in [0.5, 0.6) is 0 Å². The van der Waals surface area contributed by atoms with E-state index in [-0.39, 0.29) is 36.8 Å². The Labute approximate surface area is 186 Å². The molecule has 0 amide bonds. The van der Waals surface area contributed by atoms with Crippen LogP contribution >= 0.6 is 0 Å². The number of methoxy groups -OCH3 is 1. The van der Waals surface area contributed by atoms with Crippen LogP contribution < -0.4 is 0 Å². The monoisotopic (exact) mass is 454 g/mol. The van der Waals surface area contributed by atoms with E-state index in [1.807, 2.05) is 6.08 Å². The van der Waals surface area contributed by atoms with Crippen LogP contribution in [0.15, 0.2) is 11.8 Å². The van der Waals surface area contributed by atoms with Crippen molar-refractivity contribution in [3.05, 3.63) is 11.8 Å². The summed E-state index contributed by atoms with van der Waals surface area (Å²) < 4.78 is 30.7. The van der Waals surface area contributed by atoms with Gasteiger partial charge >= 0.3 is 5.97 Å². The lowest BCUT2D eigenvalue weighted by Crippen LogP contribution is -2.62. The Morgan fingerprint density at radius 2 is 1.81 bits per heavy atom. The number of hydrogen-bond acceptors (Lipinski definition) is 7. The predicted octanol–water partition coefficient (Wildman–Crippen LogP) is 3.10. The Morgan fingerprint density at radius 1 is 1.10 bits per heavy atom. The van der Waals surface area contributed by atoms with E-state index in [0.717, 1.165) is 32.1 Å². The number of aliphatic hydroxyl groups excluding tert-OH is 1. The summed E-state index contributed by atoms with van der Waals surface area (Å²) in [7, 11) is -0.0584. The zero-order valence-corrected chi connectivity index (χ0v) is 20.2. The SMILES string of the molecule is COC(=O)C[C@H]1CC[C@@H]2O[C@@H](C(O)C=C[Si](C)(C)C)C3OC4(CCCCC4)O[C@H]3[C@H]2O1. The number of carbonyl (C=O) groups excluding carboxylic acids is 1. The third kappa shape index (κ3) is 5.25. The van der Waals surface area contributed by atoms with Crippen LogP contribution in [0.3, 0.4) is 0 Å². The normalized spacial score (nSPS) is 38.6. The molecule has 1 saturated carbocycles. The first-order chi connectivity index (χ1) is 14.7. The lowest BCUT2D eigenvalue weighted by Gasteiger charge is -2.47. The summed E-state index contributed by atoms with van der Waals surface area (Å²) in [5, 5.41) is 11.0. The Balaban J connectivity index is 1.55. The van der Waals surface area contributed by atoms with E-state index < -0.39 is 32.2 Å². The van der Waals surface area contributed by atoms with Gasteiger partial charge in [0.25, 0.3) is 0 Å². The maximum absolute atomic E-state index is 11.8. The topological polar surface area (TPSA) is 83.5 Å². The molecule has 31 heavy (non-hydrogen) atoms. The van der Waals surface area contributed by atoms with E-state index in [2.05, 4.69) is 25.3 Å². The van der Waals surface area contributed by atoms with Crippen LogP contribution in [-0.4, -0.2) is 74.8 Å². The molecule has 7 atom stereocenters. The molecule has 0 radical (unpaired) electrons. The van der Waals surface area contributed by atoms with Crippen molar-refractivity contribution in [2.45, 2.75) is 120 Å². The summed E-state index contributed by atoms with van der Waals surface area (Å²) in [5.74, 6) is -0.876. The highest BCUT2D eigenvalue weighted by molar-refractivity contribution is 6.80. The van der Waals surface area contributed by atoms with E-state index in [9.17, 15) is 9.90 Å². The maximum atomic E-state index is 11.8. The van der Waals surface area contributed by atoms with Gasteiger partial charge in [-0.05, 0) is 25.7 Å². The summed E-state index contributed by atoms with van der Waals surface area (Å²) >= 11 is 0. The van der Waals surface area contributed by atoms with Crippen LogP contribution in [0, 0.1) is 0 Å². The average molecular weight is 455 g/mol. The number of ether oxygens (including phenoxy) is 5. The van der Waals surface area contributed by atoms with Crippen molar-refractivity contribution in [2.24, 2.45) is 0 Å². The van der Waals surface area contributed by atoms with E-state index in [1.165, 1.54) is 13.5 Å². The van der Waals surface area contributed by atoms with Crippen molar-refractivity contribution >= 4 is 14.0 Å². The standard InChI is InChI=1S/C23H38O7Si/c1-26-18(25)14-15-8-9-17-20(27-15)22-21(29-23(30-22)11-6-5-7-12-23)19(28-17)16(24)10-13-31(2,3)4/h10,13,15-17,19-22,24H,5-9,11-12,14H2,1-4H3/t15-,16?,17+,19+,20+,21?,22+/m1/s1. The summed E-state index contributed by atoms with van der Waals surface area (Å²) in [5.41, 5.74) is 2.15. The summed E-state index contributed by atoms with van der Waals surface area (Å²) in [6, 6.07) is 0. The lowest BCUT2D eigenvalue weighted by atomic mass is 9.87. The molecule has 0 aromatic carbocycles. The molecular weight excluding hydrogens is 416 g/mol. The molecule has 176 valence electrons. The number of rotatable bonds is 5. The molecule has 4 aliphatic rings. The number of carbonyl (C=O) groups is 1. The predicted molar refractivity (Wildman–Crippen MR) is 117 cm³/mol. The Kier molecular flexibility index (Phi) is 6.96. The van der Waals surface area contributed by atoms with Crippen LogP contribution in [0.2, 0.25) is 19.6 Å². The van der Waals surface area contributed by atoms with Crippen LogP contribution in [-0.2, 0) is 28.5 Å². The minimum atomic E-state index is -1.46. The molecule has 4 fully saturated rings. The fraction of sp³-hybridized carbons (Fsp3) is 0.870. The number of esters is 1. The molecule has 7 nitrogen and oxygen atoms in total. The van der Waals surface area contributed by atoms with Crippen molar-refractivity contribution in [2.75, 3.05) is 7.11 Å². The molecule has 3 heterocycles. The number of fused-ring (bicyclic) bond motifs is 3. The molecule has 1 aliphatic carbocycles. The van der Waals surface area contributed by atoms with Crippen molar-refractivity contribution in [1.82, 2.24) is 0 Å². The van der Waals surface area contributed by atoms with Gasteiger partial charge in [0.15, 0.2) is 5.79 Å². The van der Waals surface area contributed by atoms with Crippen molar-refractivity contribution < 1.29 is 33.6 Å². The Bertz CT molecular complexity index is 669. The lowest BCUT2D eigenvalue weighted by molar-refractivity contribution is -0.250. The van der Waals surface area contributed by atoms with Gasteiger partial charge in [0.2, 0.25) is 0 Å². The quantitative estimate of drug-likeness (QED) is 0.505. The molecule has 3 saturated heterocycles. The smallest absolute Gasteiger partial charge is 0.308 e. The minimum Gasteiger partial charge on any atom is -0.469 e. The fourth-order valence-electron chi connectivity index (χ4n) is 5.29. The molecule has 2 unspecified atom stereocenters. The Hall–Kier alpha value is -0.773. The molecule has 8 heteroatoms. The van der Waals surface area contributed by atoms with Crippen LogP contribution in [0.4, 0.5) is 0 Å². The molecule has 1 N–H and O–H groups in total. The molecule has 0 aromatic rings. The first kappa shape index (κ1) is 23.4. The van der Waals surface area contributed by atoms with Gasteiger partial charge in [-0.15, -0.1) is 0 Å². The minimum absolute atomic E-state index is 0.183. The zero-order valence-electron chi connectivity index (χ0n) is 19.2. The molecule has 0 aromatic heterocycles. The number of hydrogen-bond donors (Lipinski definition) is 1. The van der Waals surface area contributed by atoms with Gasteiger partial charge in [-0.1, -0.05) is 37.8 Å². The summed E-state index contributed by atoms with van der Waals surface area (Å²) in [6.45, 7) is 6.71. The third-order valence-electron chi connectivity index (χ3n) is 6.86. The van der Waals surface area contributed by atoms with Gasteiger partial charge in [0.05, 0.1) is 33.8 Å². The van der Waals surface area contributed by atoms with E-state index in [0.29, 0.717) is 6.42 Å². The van der Waals surface area contributed by atoms with Crippen molar-refractivity contribution in [3.8, 4) is 0 Å². The second-order valence-corrected chi connectivity index (χ2v) is 15.6. The fourth-order valence-corrected chi connectivity index (χ4v) is 6.06. The zero-order chi connectivity index (χ0) is 22.2. The molecule has 4 rings (SSSR count). The van der Waals surface area contributed by atoms with E-state index in [1.54, 1.807) is 0 Å². The van der Waals surface area contributed by atoms with Crippen LogP contribution in [0.1, 0.15) is 51.4 Å². The largest absolute Gasteiger partial charge is 0.469 e. The van der Waals surface area contributed by atoms with Gasteiger partial charge < -0.3 is 28.8 Å². The Morgan fingerprint density at radius 3 is 2.48 bits per heavy atom.